The maximum absolute atomic E-state index is 6.10. The highest BCUT2D eigenvalue weighted by molar-refractivity contribution is 5.09. The van der Waals surface area contributed by atoms with Crippen molar-refractivity contribution in [1.82, 2.24) is 5.43 Å². The lowest BCUT2D eigenvalue weighted by Crippen LogP contribution is -2.40. The second kappa shape index (κ2) is 9.75. The van der Waals surface area contributed by atoms with Crippen molar-refractivity contribution in [2.24, 2.45) is 21.8 Å². The molecule has 0 aromatic rings. The summed E-state index contributed by atoms with van der Waals surface area (Å²) in [6, 6.07) is 0. The van der Waals surface area contributed by atoms with E-state index in [0.29, 0.717) is 5.82 Å². The summed E-state index contributed by atoms with van der Waals surface area (Å²) in [5.41, 5.74) is 13.6. The van der Waals surface area contributed by atoms with Crippen LogP contribution in [0, 0.1) is 0 Å². The fourth-order valence-electron chi connectivity index (χ4n) is 2.52. The molecule has 0 fully saturated rings. The van der Waals surface area contributed by atoms with Crippen LogP contribution in [-0.4, -0.2) is 5.66 Å². The Balaban J connectivity index is 1.94. The third-order valence-corrected chi connectivity index (χ3v) is 3.75. The standard InChI is InChI=1S/C15H31N5/c1-2-3-4-5-6-7-8-9-10-11-12-15(17)13-14(16)18-20-19-15/h13H,2-12,16-17H2,1H3,(H,18,19). The molecule has 0 aromatic carbocycles. The normalized spacial score (nSPS) is 21.6. The molecule has 0 amide bonds. The van der Waals surface area contributed by atoms with Gasteiger partial charge in [-0.05, 0) is 12.8 Å². The number of nitrogens with zero attached hydrogens (tertiary/aromatic N) is 2. The summed E-state index contributed by atoms with van der Waals surface area (Å²) < 4.78 is 0. The van der Waals surface area contributed by atoms with E-state index in [1.165, 1.54) is 57.8 Å². The fourth-order valence-corrected chi connectivity index (χ4v) is 2.52. The zero-order valence-electron chi connectivity index (χ0n) is 12.9. The number of unbranched alkanes of at least 4 members (excludes halogenated alkanes) is 9. The van der Waals surface area contributed by atoms with E-state index in [0.717, 1.165) is 12.8 Å². The maximum atomic E-state index is 6.10. The Hall–Kier alpha value is -1.10. The number of nitrogens with two attached hydrogens (primary N) is 2. The van der Waals surface area contributed by atoms with Gasteiger partial charge in [-0.2, -0.15) is 0 Å². The van der Waals surface area contributed by atoms with E-state index in [-0.39, 0.29) is 0 Å². The van der Waals surface area contributed by atoms with Crippen LogP contribution >= 0.6 is 0 Å². The Morgan fingerprint density at radius 2 is 1.55 bits per heavy atom. The first-order valence-corrected chi connectivity index (χ1v) is 8.11. The van der Waals surface area contributed by atoms with Gasteiger partial charge in [0, 0.05) is 6.08 Å². The van der Waals surface area contributed by atoms with Gasteiger partial charge in [0.05, 0.1) is 0 Å². The molecule has 1 heterocycles. The molecule has 0 bridgehead atoms. The third kappa shape index (κ3) is 7.48. The van der Waals surface area contributed by atoms with Crippen LogP contribution in [0.3, 0.4) is 0 Å². The van der Waals surface area contributed by atoms with E-state index in [2.05, 4.69) is 22.7 Å². The summed E-state index contributed by atoms with van der Waals surface area (Å²) in [5, 5.41) is 7.75. The third-order valence-electron chi connectivity index (χ3n) is 3.75. The van der Waals surface area contributed by atoms with Gasteiger partial charge in [0.25, 0.3) is 0 Å². The summed E-state index contributed by atoms with van der Waals surface area (Å²) in [5.74, 6) is 0.495. The van der Waals surface area contributed by atoms with Crippen molar-refractivity contribution in [1.29, 1.82) is 0 Å². The largest absolute Gasteiger partial charge is 0.384 e. The average molecular weight is 281 g/mol. The van der Waals surface area contributed by atoms with E-state index in [1.54, 1.807) is 6.08 Å². The summed E-state index contributed by atoms with van der Waals surface area (Å²) in [6.45, 7) is 2.26. The van der Waals surface area contributed by atoms with Crippen molar-refractivity contribution in [3.63, 3.8) is 0 Å². The summed E-state index contributed by atoms with van der Waals surface area (Å²) in [6.07, 6.45) is 15.8. The second-order valence-corrected chi connectivity index (χ2v) is 5.83. The van der Waals surface area contributed by atoms with Crippen LogP contribution in [0.4, 0.5) is 0 Å². The first-order valence-electron chi connectivity index (χ1n) is 8.11. The van der Waals surface area contributed by atoms with Gasteiger partial charge in [0.15, 0.2) is 5.66 Å². The highest BCUT2D eigenvalue weighted by Crippen LogP contribution is 2.20. The minimum absolute atomic E-state index is 0.495. The highest BCUT2D eigenvalue weighted by atomic mass is 15.5. The van der Waals surface area contributed by atoms with Crippen molar-refractivity contribution in [3.05, 3.63) is 11.9 Å². The van der Waals surface area contributed by atoms with E-state index in [9.17, 15) is 0 Å². The highest BCUT2D eigenvalue weighted by Gasteiger charge is 2.24. The fraction of sp³-hybridized carbons (Fsp3) is 0.867. The maximum Gasteiger partial charge on any atom is 0.153 e. The van der Waals surface area contributed by atoms with Gasteiger partial charge in [-0.3, -0.25) is 0 Å². The molecule has 5 N–H and O–H groups in total. The van der Waals surface area contributed by atoms with Crippen molar-refractivity contribution in [2.75, 3.05) is 0 Å². The molecular formula is C15H31N5. The van der Waals surface area contributed by atoms with E-state index in [4.69, 9.17) is 11.5 Å². The molecule has 0 saturated carbocycles. The molecule has 1 aliphatic heterocycles. The molecule has 1 atom stereocenters. The number of hydrogen-bond acceptors (Lipinski definition) is 5. The SMILES string of the molecule is CCCCCCCCCCCCC1(N)C=C(N)NN=N1. The average Bonchev–Trinajstić information content (AvgIpc) is 2.40. The quantitative estimate of drug-likeness (QED) is 0.504. The molecule has 20 heavy (non-hydrogen) atoms. The zero-order valence-corrected chi connectivity index (χ0v) is 12.9. The minimum Gasteiger partial charge on any atom is -0.384 e. The summed E-state index contributed by atoms with van der Waals surface area (Å²) in [7, 11) is 0. The number of rotatable bonds is 11. The Morgan fingerprint density at radius 1 is 1.00 bits per heavy atom. The van der Waals surface area contributed by atoms with Crippen LogP contribution in [0.5, 0.6) is 0 Å². The van der Waals surface area contributed by atoms with Crippen LogP contribution in [0.1, 0.15) is 77.6 Å². The molecule has 5 heteroatoms. The Bertz CT molecular complexity index is 313. The predicted molar refractivity (Wildman–Crippen MR) is 83.6 cm³/mol. The summed E-state index contributed by atoms with van der Waals surface area (Å²) in [4.78, 5) is 0. The van der Waals surface area contributed by atoms with Gasteiger partial charge >= 0.3 is 0 Å². The Labute approximate surface area is 123 Å². The Kier molecular flexibility index (Phi) is 8.26. The van der Waals surface area contributed by atoms with Gasteiger partial charge in [0.1, 0.15) is 5.82 Å². The van der Waals surface area contributed by atoms with Crippen molar-refractivity contribution >= 4 is 0 Å². The van der Waals surface area contributed by atoms with Crippen LogP contribution < -0.4 is 16.9 Å². The van der Waals surface area contributed by atoms with E-state index < -0.39 is 5.66 Å². The molecule has 1 unspecified atom stereocenters. The lowest BCUT2D eigenvalue weighted by molar-refractivity contribution is 0.419. The molecule has 0 aliphatic carbocycles. The molecule has 1 rings (SSSR count). The molecule has 5 nitrogen and oxygen atoms in total. The lowest BCUT2D eigenvalue weighted by Gasteiger charge is -2.23. The second-order valence-electron chi connectivity index (χ2n) is 5.83. The van der Waals surface area contributed by atoms with Gasteiger partial charge in [-0.25, -0.2) is 5.43 Å². The smallest absolute Gasteiger partial charge is 0.153 e. The van der Waals surface area contributed by atoms with E-state index in [1.807, 2.05) is 0 Å². The van der Waals surface area contributed by atoms with Crippen LogP contribution in [0.2, 0.25) is 0 Å². The number of nitrogens with one attached hydrogen (secondary N) is 1. The topological polar surface area (TPSA) is 88.8 Å². The van der Waals surface area contributed by atoms with Gasteiger partial charge in [-0.1, -0.05) is 69.9 Å². The van der Waals surface area contributed by atoms with Crippen LogP contribution in [0.15, 0.2) is 22.2 Å². The molecule has 116 valence electrons. The van der Waals surface area contributed by atoms with Crippen molar-refractivity contribution in [2.45, 2.75) is 83.2 Å². The number of hydrogen-bond donors (Lipinski definition) is 3. The molecule has 1 aliphatic rings. The van der Waals surface area contributed by atoms with Gasteiger partial charge in [-0.15, -0.1) is 5.11 Å². The monoisotopic (exact) mass is 281 g/mol. The van der Waals surface area contributed by atoms with Crippen molar-refractivity contribution in [3.8, 4) is 0 Å². The molecule has 0 saturated heterocycles. The molecule has 0 spiro atoms. The minimum atomic E-state index is -0.699. The molecule has 0 radical (unpaired) electrons. The zero-order chi connectivity index (χ0) is 14.7. The van der Waals surface area contributed by atoms with E-state index >= 15 is 0 Å². The van der Waals surface area contributed by atoms with Crippen LogP contribution in [0.25, 0.3) is 0 Å². The van der Waals surface area contributed by atoms with Gasteiger partial charge < -0.3 is 11.5 Å². The molecule has 0 aromatic heterocycles. The first-order chi connectivity index (χ1) is 9.66. The first kappa shape index (κ1) is 17.0. The lowest BCUT2D eigenvalue weighted by atomic mass is 10.0. The predicted octanol–water partition coefficient (Wildman–Crippen LogP) is 3.72. The molecular weight excluding hydrogens is 250 g/mol. The Morgan fingerprint density at radius 3 is 2.10 bits per heavy atom. The van der Waals surface area contributed by atoms with Crippen molar-refractivity contribution < 1.29 is 0 Å². The summed E-state index contributed by atoms with van der Waals surface area (Å²) >= 11 is 0. The van der Waals surface area contributed by atoms with Gasteiger partial charge in [0.2, 0.25) is 0 Å². The van der Waals surface area contributed by atoms with Crippen LogP contribution in [-0.2, 0) is 0 Å².